The van der Waals surface area contributed by atoms with E-state index < -0.39 is 5.97 Å². The second-order valence-electron chi connectivity index (χ2n) is 8.03. The highest BCUT2D eigenvalue weighted by atomic mass is 32.1. The number of hydrogen-bond donors (Lipinski definition) is 1. The number of benzene rings is 3. The summed E-state index contributed by atoms with van der Waals surface area (Å²) in [6.45, 7) is 4.12. The van der Waals surface area contributed by atoms with Crippen molar-refractivity contribution in [2.24, 2.45) is 0 Å². The summed E-state index contributed by atoms with van der Waals surface area (Å²) in [4.78, 5) is 27.3. The highest BCUT2D eigenvalue weighted by Gasteiger charge is 2.23. The van der Waals surface area contributed by atoms with Gasteiger partial charge in [-0.05, 0) is 35.8 Å². The lowest BCUT2D eigenvalue weighted by Crippen LogP contribution is -2.15. The highest BCUT2D eigenvalue weighted by molar-refractivity contribution is 7.16. The molecule has 1 unspecified atom stereocenters. The Labute approximate surface area is 209 Å². The first-order chi connectivity index (χ1) is 17.1. The van der Waals surface area contributed by atoms with E-state index in [2.05, 4.69) is 24.4 Å². The number of rotatable bonds is 8. The van der Waals surface area contributed by atoms with Crippen molar-refractivity contribution in [2.45, 2.75) is 19.8 Å². The number of esters is 1. The van der Waals surface area contributed by atoms with Crippen LogP contribution in [0.3, 0.4) is 0 Å². The Bertz CT molecular complexity index is 1310. The van der Waals surface area contributed by atoms with Gasteiger partial charge in [0.05, 0.1) is 12.2 Å². The van der Waals surface area contributed by atoms with Crippen LogP contribution < -0.4 is 5.32 Å². The van der Waals surface area contributed by atoms with Crippen LogP contribution in [0.2, 0.25) is 0 Å². The van der Waals surface area contributed by atoms with Gasteiger partial charge in [-0.25, -0.2) is 4.79 Å². The van der Waals surface area contributed by atoms with E-state index in [9.17, 15) is 9.59 Å². The van der Waals surface area contributed by atoms with E-state index in [1.807, 2.05) is 91.0 Å². The molecule has 1 amide bonds. The Balaban J connectivity index is 1.71. The van der Waals surface area contributed by atoms with Crippen molar-refractivity contribution in [2.75, 3.05) is 11.9 Å². The summed E-state index contributed by atoms with van der Waals surface area (Å²) in [6.07, 6.45) is 1.86. The maximum atomic E-state index is 13.6. The van der Waals surface area contributed by atoms with Gasteiger partial charge in [-0.3, -0.25) is 4.79 Å². The number of thiophene rings is 1. The number of carbonyl (C=O) groups excluding carboxylic acids is 2. The lowest BCUT2D eigenvalue weighted by atomic mass is 9.99. The molecule has 4 rings (SSSR count). The molecule has 35 heavy (non-hydrogen) atoms. The zero-order chi connectivity index (χ0) is 24.6. The smallest absolute Gasteiger partial charge is 0.341 e. The van der Waals surface area contributed by atoms with Crippen LogP contribution in [-0.4, -0.2) is 18.5 Å². The van der Waals surface area contributed by atoms with Gasteiger partial charge in [0.2, 0.25) is 0 Å². The summed E-state index contributed by atoms with van der Waals surface area (Å²) in [6, 6.07) is 31.1. The molecule has 0 aliphatic carbocycles. The van der Waals surface area contributed by atoms with Crippen molar-refractivity contribution >= 4 is 39.9 Å². The molecule has 0 spiro atoms. The van der Waals surface area contributed by atoms with Gasteiger partial charge in [0.1, 0.15) is 5.00 Å². The summed E-state index contributed by atoms with van der Waals surface area (Å²) in [5.74, 6) is -0.668. The highest BCUT2D eigenvalue weighted by Crippen LogP contribution is 2.37. The summed E-state index contributed by atoms with van der Waals surface area (Å²) in [5.41, 5.74) is 3.72. The monoisotopic (exact) mass is 481 g/mol. The second-order valence-corrected chi connectivity index (χ2v) is 9.12. The Hall–Kier alpha value is -3.96. The number of carbonyl (C=O) groups is 2. The quantitative estimate of drug-likeness (QED) is 0.164. The SMILES string of the molecule is CCOC(=O)c1cc(C(C)c2ccccc2)sc1NC(=O)/C(=C/c1ccccc1)c1ccccc1. The van der Waals surface area contributed by atoms with Gasteiger partial charge in [-0.15, -0.1) is 11.3 Å². The van der Waals surface area contributed by atoms with Crippen molar-refractivity contribution in [1.29, 1.82) is 0 Å². The number of amides is 1. The van der Waals surface area contributed by atoms with Crippen LogP contribution >= 0.6 is 11.3 Å². The van der Waals surface area contributed by atoms with E-state index in [0.29, 0.717) is 16.1 Å². The molecule has 3 aromatic carbocycles. The number of ether oxygens (including phenoxy) is 1. The molecule has 0 fully saturated rings. The topological polar surface area (TPSA) is 55.4 Å². The van der Waals surface area contributed by atoms with Crippen molar-refractivity contribution in [3.63, 3.8) is 0 Å². The molecule has 0 bridgehead atoms. The van der Waals surface area contributed by atoms with Crippen LogP contribution in [0.15, 0.2) is 97.1 Å². The first-order valence-electron chi connectivity index (χ1n) is 11.6. The zero-order valence-electron chi connectivity index (χ0n) is 19.7. The van der Waals surface area contributed by atoms with Crippen molar-refractivity contribution in [3.05, 3.63) is 124 Å². The molecule has 0 saturated carbocycles. The first-order valence-corrected chi connectivity index (χ1v) is 12.4. The van der Waals surface area contributed by atoms with Crippen molar-refractivity contribution < 1.29 is 14.3 Å². The average Bonchev–Trinajstić information content (AvgIpc) is 3.32. The minimum Gasteiger partial charge on any atom is -0.462 e. The lowest BCUT2D eigenvalue weighted by molar-refractivity contribution is -0.111. The van der Waals surface area contributed by atoms with Gasteiger partial charge in [-0.2, -0.15) is 0 Å². The number of hydrogen-bond acceptors (Lipinski definition) is 4. The molecular weight excluding hydrogens is 454 g/mol. The number of anilines is 1. The summed E-state index contributed by atoms with van der Waals surface area (Å²) < 4.78 is 5.29. The van der Waals surface area contributed by atoms with E-state index in [1.165, 1.54) is 11.3 Å². The largest absolute Gasteiger partial charge is 0.462 e. The van der Waals surface area contributed by atoms with E-state index >= 15 is 0 Å². The average molecular weight is 482 g/mol. The molecule has 0 radical (unpaired) electrons. The third kappa shape index (κ3) is 5.94. The van der Waals surface area contributed by atoms with E-state index in [-0.39, 0.29) is 18.4 Å². The van der Waals surface area contributed by atoms with Gasteiger partial charge in [0, 0.05) is 16.4 Å². The van der Waals surface area contributed by atoms with Gasteiger partial charge >= 0.3 is 5.97 Å². The molecule has 1 heterocycles. The van der Waals surface area contributed by atoms with Crippen LogP contribution in [0, 0.1) is 0 Å². The second kappa shape index (κ2) is 11.4. The van der Waals surface area contributed by atoms with Gasteiger partial charge in [0.25, 0.3) is 5.91 Å². The maximum Gasteiger partial charge on any atom is 0.341 e. The third-order valence-electron chi connectivity index (χ3n) is 5.64. The van der Waals surface area contributed by atoms with Crippen LogP contribution in [0.25, 0.3) is 11.6 Å². The van der Waals surface area contributed by atoms with E-state index in [1.54, 1.807) is 6.92 Å². The molecule has 0 aliphatic rings. The molecule has 0 aliphatic heterocycles. The van der Waals surface area contributed by atoms with Crippen LogP contribution in [0.4, 0.5) is 5.00 Å². The molecule has 1 aromatic heterocycles. The summed E-state index contributed by atoms with van der Waals surface area (Å²) in [5, 5.41) is 3.49. The minimum absolute atomic E-state index is 0.0634. The van der Waals surface area contributed by atoms with Gasteiger partial charge in [0.15, 0.2) is 0 Å². The Morgan fingerprint density at radius 2 is 1.51 bits per heavy atom. The van der Waals surface area contributed by atoms with Crippen molar-refractivity contribution in [3.8, 4) is 0 Å². The zero-order valence-corrected chi connectivity index (χ0v) is 20.5. The Morgan fingerprint density at radius 1 is 0.914 bits per heavy atom. The molecule has 1 N–H and O–H groups in total. The van der Waals surface area contributed by atoms with Crippen LogP contribution in [0.5, 0.6) is 0 Å². The third-order valence-corrected chi connectivity index (χ3v) is 6.87. The molecule has 5 heteroatoms. The predicted molar refractivity (Wildman–Crippen MR) is 144 cm³/mol. The molecule has 1 atom stereocenters. The lowest BCUT2D eigenvalue weighted by Gasteiger charge is -2.11. The fourth-order valence-electron chi connectivity index (χ4n) is 3.77. The minimum atomic E-state index is -0.445. The van der Waals surface area contributed by atoms with Crippen LogP contribution in [-0.2, 0) is 9.53 Å². The Kier molecular flexibility index (Phi) is 7.91. The Morgan fingerprint density at radius 3 is 2.14 bits per heavy atom. The standard InChI is InChI=1S/C30H27NO3S/c1-3-34-30(33)26-20-27(21(2)23-15-9-5-10-16-23)35-29(26)31-28(32)25(24-17-11-6-12-18-24)19-22-13-7-4-8-14-22/h4-21H,3H2,1-2H3,(H,31,32)/b25-19+. The fraction of sp³-hybridized carbons (Fsp3) is 0.133. The normalized spacial score (nSPS) is 12.1. The summed E-state index contributed by atoms with van der Waals surface area (Å²) >= 11 is 1.40. The van der Waals surface area contributed by atoms with Gasteiger partial charge in [-0.1, -0.05) is 97.9 Å². The molecule has 4 aromatic rings. The predicted octanol–water partition coefficient (Wildman–Crippen LogP) is 7.26. The molecule has 176 valence electrons. The van der Waals surface area contributed by atoms with Gasteiger partial charge < -0.3 is 10.1 Å². The fourth-order valence-corrected chi connectivity index (χ4v) is 4.89. The van der Waals surface area contributed by atoms with Crippen molar-refractivity contribution in [1.82, 2.24) is 0 Å². The molecule has 4 nitrogen and oxygen atoms in total. The summed E-state index contributed by atoms with van der Waals surface area (Å²) in [7, 11) is 0. The van der Waals surface area contributed by atoms with E-state index in [0.717, 1.165) is 21.6 Å². The number of nitrogens with one attached hydrogen (secondary N) is 1. The van der Waals surface area contributed by atoms with E-state index in [4.69, 9.17) is 4.74 Å². The molecule has 0 saturated heterocycles. The maximum absolute atomic E-state index is 13.6. The molecular formula is C30H27NO3S. The first kappa shape index (κ1) is 24.2. The van der Waals surface area contributed by atoms with Crippen LogP contribution in [0.1, 0.15) is 51.7 Å².